The number of rotatable bonds is 5. The third-order valence-corrected chi connectivity index (χ3v) is 4.91. The maximum Gasteiger partial charge on any atom is 0.152 e. The van der Waals surface area contributed by atoms with Crippen LogP contribution in [0.5, 0.6) is 0 Å². The minimum absolute atomic E-state index is 0.430. The summed E-state index contributed by atoms with van der Waals surface area (Å²) in [6.07, 6.45) is 1.80. The largest absolute Gasteiger partial charge is 0.389 e. The molecule has 2 aromatic heterocycles. The highest BCUT2D eigenvalue weighted by atomic mass is 16.3. The van der Waals surface area contributed by atoms with E-state index in [2.05, 4.69) is 46.8 Å². The standard InChI is InChI=1S/C23H26N4O/c1-4-8-19-26-20-21(27(19)14-23(2,3)28)17-12-11-16(13-18(17)25-22(20)24)15-9-6-5-7-10-15/h5-7,9-13,28H,4,8,14H2,1-3H3,(H2,24,25). The lowest BCUT2D eigenvalue weighted by molar-refractivity contribution is 0.0618. The number of benzene rings is 2. The minimum atomic E-state index is -0.857. The van der Waals surface area contributed by atoms with E-state index in [0.717, 1.165) is 46.2 Å². The Morgan fingerprint density at radius 1 is 1.04 bits per heavy atom. The van der Waals surface area contributed by atoms with Crippen LogP contribution in [0.15, 0.2) is 48.5 Å². The molecular formula is C23H26N4O. The highest BCUT2D eigenvalue weighted by molar-refractivity contribution is 6.07. The number of anilines is 1. The predicted octanol–water partition coefficient (Wildman–Crippen LogP) is 4.56. The average Bonchev–Trinajstić information content (AvgIpc) is 3.00. The Hall–Kier alpha value is -2.92. The molecule has 3 N–H and O–H groups in total. The van der Waals surface area contributed by atoms with Crippen molar-refractivity contribution in [3.63, 3.8) is 0 Å². The van der Waals surface area contributed by atoms with Gasteiger partial charge in [0.15, 0.2) is 5.82 Å². The van der Waals surface area contributed by atoms with Crippen LogP contribution in [0.2, 0.25) is 0 Å². The van der Waals surface area contributed by atoms with Crippen LogP contribution in [0, 0.1) is 0 Å². The van der Waals surface area contributed by atoms with Gasteiger partial charge in [0.05, 0.1) is 23.2 Å². The lowest BCUT2D eigenvalue weighted by Crippen LogP contribution is -2.27. The summed E-state index contributed by atoms with van der Waals surface area (Å²) in [5, 5.41) is 11.5. The van der Waals surface area contributed by atoms with Crippen LogP contribution >= 0.6 is 0 Å². The Morgan fingerprint density at radius 2 is 1.79 bits per heavy atom. The molecule has 0 saturated carbocycles. The first-order valence-corrected chi connectivity index (χ1v) is 9.73. The molecule has 4 aromatic rings. The third-order valence-electron chi connectivity index (χ3n) is 4.91. The molecule has 0 radical (unpaired) electrons. The first-order valence-electron chi connectivity index (χ1n) is 9.73. The zero-order chi connectivity index (χ0) is 19.9. The zero-order valence-electron chi connectivity index (χ0n) is 16.6. The van der Waals surface area contributed by atoms with Gasteiger partial charge in [0.2, 0.25) is 0 Å². The Bertz CT molecular complexity index is 1140. The van der Waals surface area contributed by atoms with Gasteiger partial charge in [-0.1, -0.05) is 49.4 Å². The number of fused-ring (bicyclic) bond motifs is 3. The normalized spacial score (nSPS) is 12.1. The molecule has 0 fully saturated rings. The Kier molecular flexibility index (Phi) is 4.55. The number of imidazole rings is 1. The highest BCUT2D eigenvalue weighted by Crippen LogP contribution is 2.32. The number of aromatic nitrogens is 3. The monoisotopic (exact) mass is 374 g/mol. The van der Waals surface area contributed by atoms with Gasteiger partial charge < -0.3 is 15.4 Å². The van der Waals surface area contributed by atoms with Crippen molar-refractivity contribution in [2.45, 2.75) is 45.8 Å². The number of pyridine rings is 1. The van der Waals surface area contributed by atoms with E-state index >= 15 is 0 Å². The van der Waals surface area contributed by atoms with Crippen molar-refractivity contribution in [2.24, 2.45) is 0 Å². The van der Waals surface area contributed by atoms with Gasteiger partial charge in [-0.15, -0.1) is 0 Å². The number of nitrogens with two attached hydrogens (primary N) is 1. The Morgan fingerprint density at radius 3 is 2.46 bits per heavy atom. The number of nitrogens with zero attached hydrogens (tertiary/aromatic N) is 3. The van der Waals surface area contributed by atoms with E-state index in [1.807, 2.05) is 32.0 Å². The molecular weight excluding hydrogens is 348 g/mol. The second-order valence-corrected chi connectivity index (χ2v) is 7.97. The molecule has 0 amide bonds. The Labute approximate surface area is 164 Å². The highest BCUT2D eigenvalue weighted by Gasteiger charge is 2.22. The van der Waals surface area contributed by atoms with E-state index in [9.17, 15) is 5.11 Å². The zero-order valence-corrected chi connectivity index (χ0v) is 16.6. The van der Waals surface area contributed by atoms with E-state index in [1.54, 1.807) is 0 Å². The summed E-state index contributed by atoms with van der Waals surface area (Å²) in [6, 6.07) is 16.5. The number of hydrogen-bond acceptors (Lipinski definition) is 4. The van der Waals surface area contributed by atoms with Crippen LogP contribution in [0.3, 0.4) is 0 Å². The summed E-state index contributed by atoms with van der Waals surface area (Å²) < 4.78 is 2.11. The van der Waals surface area contributed by atoms with Crippen molar-refractivity contribution in [3.05, 3.63) is 54.4 Å². The maximum absolute atomic E-state index is 10.5. The van der Waals surface area contributed by atoms with Crippen LogP contribution in [-0.4, -0.2) is 25.2 Å². The van der Waals surface area contributed by atoms with E-state index in [1.165, 1.54) is 0 Å². The van der Waals surface area contributed by atoms with E-state index in [0.29, 0.717) is 17.9 Å². The molecule has 0 unspecified atom stereocenters. The van der Waals surface area contributed by atoms with Crippen LogP contribution in [-0.2, 0) is 13.0 Å². The van der Waals surface area contributed by atoms with Gasteiger partial charge in [0.25, 0.3) is 0 Å². The molecule has 0 aliphatic rings. The topological polar surface area (TPSA) is 77.0 Å². The van der Waals surface area contributed by atoms with Gasteiger partial charge in [-0.05, 0) is 37.5 Å². The minimum Gasteiger partial charge on any atom is -0.389 e. The molecule has 0 atom stereocenters. The van der Waals surface area contributed by atoms with Crippen molar-refractivity contribution in [1.82, 2.24) is 14.5 Å². The second kappa shape index (κ2) is 6.91. The first-order chi connectivity index (χ1) is 13.4. The van der Waals surface area contributed by atoms with Gasteiger partial charge in [-0.25, -0.2) is 9.97 Å². The molecule has 0 aliphatic carbocycles. The molecule has 0 spiro atoms. The molecule has 0 bridgehead atoms. The third kappa shape index (κ3) is 3.34. The molecule has 4 rings (SSSR count). The van der Waals surface area contributed by atoms with Crippen molar-refractivity contribution in [2.75, 3.05) is 5.73 Å². The van der Waals surface area contributed by atoms with Gasteiger partial charge in [0.1, 0.15) is 11.3 Å². The molecule has 2 aromatic carbocycles. The van der Waals surface area contributed by atoms with E-state index in [4.69, 9.17) is 10.7 Å². The SMILES string of the molecule is CCCc1nc2c(N)nc3cc(-c4ccccc4)ccc3c2n1CC(C)(C)O. The fourth-order valence-electron chi connectivity index (χ4n) is 3.74. The van der Waals surface area contributed by atoms with Crippen molar-refractivity contribution in [3.8, 4) is 11.1 Å². The maximum atomic E-state index is 10.5. The Balaban J connectivity index is 1.99. The van der Waals surface area contributed by atoms with Gasteiger partial charge in [-0.3, -0.25) is 0 Å². The van der Waals surface area contributed by atoms with E-state index < -0.39 is 5.60 Å². The summed E-state index contributed by atoms with van der Waals surface area (Å²) in [5.74, 6) is 1.37. The average molecular weight is 374 g/mol. The second-order valence-electron chi connectivity index (χ2n) is 7.97. The molecule has 5 nitrogen and oxygen atoms in total. The van der Waals surface area contributed by atoms with Crippen LogP contribution in [0.1, 0.15) is 33.0 Å². The molecule has 2 heterocycles. The van der Waals surface area contributed by atoms with Gasteiger partial charge in [0, 0.05) is 11.8 Å². The van der Waals surface area contributed by atoms with Gasteiger partial charge >= 0.3 is 0 Å². The summed E-state index contributed by atoms with van der Waals surface area (Å²) in [6.45, 7) is 6.21. The number of hydrogen-bond donors (Lipinski definition) is 2. The van der Waals surface area contributed by atoms with Crippen LogP contribution < -0.4 is 5.73 Å². The fourth-order valence-corrected chi connectivity index (χ4v) is 3.74. The lowest BCUT2D eigenvalue weighted by atomic mass is 10.0. The van der Waals surface area contributed by atoms with Crippen LogP contribution in [0.25, 0.3) is 33.1 Å². The van der Waals surface area contributed by atoms with Gasteiger partial charge in [-0.2, -0.15) is 0 Å². The molecule has 28 heavy (non-hydrogen) atoms. The summed E-state index contributed by atoms with van der Waals surface area (Å²) in [7, 11) is 0. The van der Waals surface area contributed by atoms with Crippen molar-refractivity contribution >= 4 is 27.8 Å². The molecule has 144 valence electrons. The first kappa shape index (κ1) is 18.4. The van der Waals surface area contributed by atoms with Crippen LogP contribution in [0.4, 0.5) is 5.82 Å². The smallest absolute Gasteiger partial charge is 0.152 e. The lowest BCUT2D eigenvalue weighted by Gasteiger charge is -2.20. The summed E-state index contributed by atoms with van der Waals surface area (Å²) >= 11 is 0. The van der Waals surface area contributed by atoms with Crippen molar-refractivity contribution < 1.29 is 5.11 Å². The van der Waals surface area contributed by atoms with Crippen molar-refractivity contribution in [1.29, 1.82) is 0 Å². The predicted molar refractivity (Wildman–Crippen MR) is 115 cm³/mol. The number of nitrogen functional groups attached to an aromatic ring is 1. The summed E-state index contributed by atoms with van der Waals surface area (Å²) in [4.78, 5) is 9.42. The molecule has 0 aliphatic heterocycles. The number of aliphatic hydroxyl groups is 1. The fraction of sp³-hybridized carbons (Fsp3) is 0.304. The molecule has 5 heteroatoms. The van der Waals surface area contributed by atoms with E-state index in [-0.39, 0.29) is 0 Å². The summed E-state index contributed by atoms with van der Waals surface area (Å²) in [5.41, 5.74) is 10.2. The quantitative estimate of drug-likeness (QED) is 0.537. The number of aryl methyl sites for hydroxylation is 1. The molecule has 0 saturated heterocycles.